The Morgan fingerprint density at radius 2 is 2.20 bits per heavy atom. The largest absolute Gasteiger partial charge is 0.379 e. The van der Waals surface area contributed by atoms with E-state index in [-0.39, 0.29) is 6.61 Å². The van der Waals surface area contributed by atoms with E-state index in [1.807, 2.05) is 0 Å². The lowest BCUT2D eigenvalue weighted by Crippen LogP contribution is -2.18. The minimum Gasteiger partial charge on any atom is -0.379 e. The van der Waals surface area contributed by atoms with Crippen molar-refractivity contribution in [1.29, 1.82) is 0 Å². The molecule has 0 aromatic rings. The Bertz CT molecular complexity index is 65.9. The van der Waals surface area contributed by atoms with Crippen molar-refractivity contribution in [2.45, 2.75) is 26.1 Å². The Morgan fingerprint density at radius 1 is 1.50 bits per heavy atom. The molecule has 0 aliphatic carbocycles. The number of hydrogen-bond acceptors (Lipinski definition) is 3. The van der Waals surface area contributed by atoms with Crippen molar-refractivity contribution in [2.75, 3.05) is 20.3 Å². The average molecular weight is 148 g/mol. The van der Waals surface area contributed by atoms with Gasteiger partial charge in [-0.3, -0.25) is 0 Å². The second kappa shape index (κ2) is 6.99. The first kappa shape index (κ1) is 9.88. The van der Waals surface area contributed by atoms with Gasteiger partial charge >= 0.3 is 0 Å². The molecule has 0 aromatic heterocycles. The van der Waals surface area contributed by atoms with Crippen LogP contribution in [0.25, 0.3) is 0 Å². The van der Waals surface area contributed by atoms with Crippen molar-refractivity contribution in [3.63, 3.8) is 0 Å². The van der Waals surface area contributed by atoms with Crippen molar-refractivity contribution in [2.24, 2.45) is 0 Å². The van der Waals surface area contributed by atoms with Gasteiger partial charge in [0.15, 0.2) is 6.29 Å². The summed E-state index contributed by atoms with van der Waals surface area (Å²) in [7, 11) is 1.53. The highest BCUT2D eigenvalue weighted by Crippen LogP contribution is 1.92. The molecular weight excluding hydrogens is 132 g/mol. The molecule has 1 unspecified atom stereocenters. The van der Waals surface area contributed by atoms with E-state index < -0.39 is 6.29 Å². The molecule has 0 aliphatic heterocycles. The van der Waals surface area contributed by atoms with Crippen LogP contribution in [0.4, 0.5) is 0 Å². The summed E-state index contributed by atoms with van der Waals surface area (Å²) in [5.74, 6) is 0. The Morgan fingerprint density at radius 3 is 2.70 bits per heavy atom. The number of unbranched alkanes of at least 4 members (excludes halogenated alkanes) is 1. The summed E-state index contributed by atoms with van der Waals surface area (Å²) in [6, 6.07) is 0. The van der Waals surface area contributed by atoms with Crippen LogP contribution in [0.3, 0.4) is 0 Å². The summed E-state index contributed by atoms with van der Waals surface area (Å²) >= 11 is 0. The SMILES string of the molecule is CCCCOC(O)COC. The van der Waals surface area contributed by atoms with Crippen LogP contribution in [0.15, 0.2) is 0 Å². The highest BCUT2D eigenvalue weighted by atomic mass is 16.6. The van der Waals surface area contributed by atoms with Gasteiger partial charge in [0.05, 0.1) is 6.61 Å². The molecule has 0 aromatic carbocycles. The first-order valence-corrected chi connectivity index (χ1v) is 3.59. The van der Waals surface area contributed by atoms with E-state index in [9.17, 15) is 0 Å². The first-order valence-electron chi connectivity index (χ1n) is 3.59. The maximum Gasteiger partial charge on any atom is 0.178 e. The maximum absolute atomic E-state index is 8.93. The smallest absolute Gasteiger partial charge is 0.178 e. The van der Waals surface area contributed by atoms with Gasteiger partial charge in [-0.1, -0.05) is 13.3 Å². The van der Waals surface area contributed by atoms with Crippen LogP contribution in [-0.4, -0.2) is 31.7 Å². The molecule has 0 heterocycles. The Balaban J connectivity index is 2.97. The second-order valence-corrected chi connectivity index (χ2v) is 2.13. The lowest BCUT2D eigenvalue weighted by molar-refractivity contribution is -0.131. The Labute approximate surface area is 62.0 Å². The van der Waals surface area contributed by atoms with Crippen LogP contribution >= 0.6 is 0 Å². The van der Waals surface area contributed by atoms with Crippen LogP contribution in [0.2, 0.25) is 0 Å². The third kappa shape index (κ3) is 6.01. The molecule has 10 heavy (non-hydrogen) atoms. The summed E-state index contributed by atoms with van der Waals surface area (Å²) in [5.41, 5.74) is 0. The molecule has 1 N–H and O–H groups in total. The van der Waals surface area contributed by atoms with E-state index >= 15 is 0 Å². The van der Waals surface area contributed by atoms with Gasteiger partial charge in [-0.2, -0.15) is 0 Å². The third-order valence-electron chi connectivity index (χ3n) is 1.12. The molecule has 0 aliphatic rings. The van der Waals surface area contributed by atoms with Crippen molar-refractivity contribution in [3.8, 4) is 0 Å². The lowest BCUT2D eigenvalue weighted by atomic mass is 10.4. The number of methoxy groups -OCH3 is 1. The number of rotatable bonds is 6. The Kier molecular flexibility index (Phi) is 6.91. The van der Waals surface area contributed by atoms with Crippen LogP contribution in [0.5, 0.6) is 0 Å². The molecule has 0 saturated carbocycles. The van der Waals surface area contributed by atoms with Crippen molar-refractivity contribution in [1.82, 2.24) is 0 Å². The average Bonchev–Trinajstić information content (AvgIpc) is 1.89. The van der Waals surface area contributed by atoms with Crippen molar-refractivity contribution >= 4 is 0 Å². The third-order valence-corrected chi connectivity index (χ3v) is 1.12. The molecule has 0 saturated heterocycles. The molecule has 3 nitrogen and oxygen atoms in total. The standard InChI is InChI=1S/C7H16O3/c1-3-4-5-10-7(8)6-9-2/h7-8H,3-6H2,1-2H3. The quantitative estimate of drug-likeness (QED) is 0.446. The minimum absolute atomic E-state index is 0.254. The van der Waals surface area contributed by atoms with Crippen molar-refractivity contribution in [3.05, 3.63) is 0 Å². The van der Waals surface area contributed by atoms with Crippen LogP contribution in [-0.2, 0) is 9.47 Å². The van der Waals surface area contributed by atoms with E-state index in [0.29, 0.717) is 6.61 Å². The molecule has 62 valence electrons. The fourth-order valence-electron chi connectivity index (χ4n) is 0.554. The fourth-order valence-corrected chi connectivity index (χ4v) is 0.554. The molecule has 3 heteroatoms. The summed E-state index contributed by atoms with van der Waals surface area (Å²) < 4.78 is 9.61. The van der Waals surface area contributed by atoms with E-state index in [1.165, 1.54) is 7.11 Å². The molecule has 0 amide bonds. The fraction of sp³-hybridized carbons (Fsp3) is 1.00. The molecule has 0 fully saturated rings. The van der Waals surface area contributed by atoms with Gasteiger partial charge in [0.2, 0.25) is 0 Å². The number of aliphatic hydroxyl groups excluding tert-OH is 1. The summed E-state index contributed by atoms with van der Waals surface area (Å²) in [4.78, 5) is 0. The lowest BCUT2D eigenvalue weighted by Gasteiger charge is -2.09. The molecule has 0 spiro atoms. The zero-order valence-corrected chi connectivity index (χ0v) is 6.67. The molecular formula is C7H16O3. The highest BCUT2D eigenvalue weighted by molar-refractivity contribution is 4.37. The number of aliphatic hydroxyl groups is 1. The van der Waals surface area contributed by atoms with E-state index in [2.05, 4.69) is 11.7 Å². The summed E-state index contributed by atoms with van der Waals surface area (Å²) in [6.45, 7) is 2.94. The zero-order valence-electron chi connectivity index (χ0n) is 6.67. The highest BCUT2D eigenvalue weighted by Gasteiger charge is 2.00. The van der Waals surface area contributed by atoms with Crippen LogP contribution < -0.4 is 0 Å². The molecule has 0 radical (unpaired) electrons. The van der Waals surface area contributed by atoms with Gasteiger partial charge in [0.25, 0.3) is 0 Å². The second-order valence-electron chi connectivity index (χ2n) is 2.13. The molecule has 0 bridgehead atoms. The summed E-state index contributed by atoms with van der Waals surface area (Å²) in [6.07, 6.45) is 1.32. The van der Waals surface area contributed by atoms with Gasteiger partial charge in [-0.05, 0) is 6.42 Å². The zero-order chi connectivity index (χ0) is 7.82. The molecule has 0 rings (SSSR count). The maximum atomic E-state index is 8.93. The normalized spacial score (nSPS) is 13.5. The number of ether oxygens (including phenoxy) is 2. The molecule has 1 atom stereocenters. The predicted octanol–water partition coefficient (Wildman–Crippen LogP) is 0.768. The number of hydrogen-bond donors (Lipinski definition) is 1. The predicted molar refractivity (Wildman–Crippen MR) is 38.7 cm³/mol. The van der Waals surface area contributed by atoms with Crippen LogP contribution in [0.1, 0.15) is 19.8 Å². The van der Waals surface area contributed by atoms with Crippen molar-refractivity contribution < 1.29 is 14.6 Å². The van der Waals surface area contributed by atoms with Gasteiger partial charge in [0.1, 0.15) is 0 Å². The van der Waals surface area contributed by atoms with Gasteiger partial charge < -0.3 is 14.6 Å². The van der Waals surface area contributed by atoms with Gasteiger partial charge in [0, 0.05) is 13.7 Å². The van der Waals surface area contributed by atoms with E-state index in [0.717, 1.165) is 12.8 Å². The monoisotopic (exact) mass is 148 g/mol. The first-order chi connectivity index (χ1) is 4.81. The van der Waals surface area contributed by atoms with Crippen LogP contribution in [0, 0.1) is 0 Å². The Hall–Kier alpha value is -0.120. The van der Waals surface area contributed by atoms with Gasteiger partial charge in [-0.25, -0.2) is 0 Å². The van der Waals surface area contributed by atoms with E-state index in [4.69, 9.17) is 9.84 Å². The summed E-state index contributed by atoms with van der Waals surface area (Å²) in [5, 5.41) is 8.93. The topological polar surface area (TPSA) is 38.7 Å². The van der Waals surface area contributed by atoms with Gasteiger partial charge in [-0.15, -0.1) is 0 Å². The van der Waals surface area contributed by atoms with E-state index in [1.54, 1.807) is 0 Å². The minimum atomic E-state index is -0.753.